The van der Waals surface area contributed by atoms with Gasteiger partial charge in [0.15, 0.2) is 11.5 Å². The van der Waals surface area contributed by atoms with Crippen LogP contribution in [0.1, 0.15) is 24.1 Å². The van der Waals surface area contributed by atoms with Crippen LogP contribution in [0.3, 0.4) is 0 Å². The van der Waals surface area contributed by atoms with Gasteiger partial charge in [-0.3, -0.25) is 9.97 Å². The molecule has 0 aromatic carbocycles. The van der Waals surface area contributed by atoms with E-state index >= 15 is 0 Å². The van der Waals surface area contributed by atoms with E-state index in [1.54, 1.807) is 25.6 Å². The summed E-state index contributed by atoms with van der Waals surface area (Å²) in [7, 11) is 1.59. The molecule has 3 aromatic heterocycles. The van der Waals surface area contributed by atoms with Crippen molar-refractivity contribution in [3.8, 4) is 17.4 Å². The predicted molar refractivity (Wildman–Crippen MR) is 121 cm³/mol. The van der Waals surface area contributed by atoms with Crippen LogP contribution in [-0.2, 0) is 17.7 Å². The third kappa shape index (κ3) is 5.00. The number of rotatable bonds is 7. The number of nitrogens with one attached hydrogen (secondary N) is 1. The molecular formula is C24H28N4O5. The number of hydrogen-bond donors (Lipinski definition) is 2. The lowest BCUT2D eigenvalue weighted by Gasteiger charge is -2.32. The van der Waals surface area contributed by atoms with Gasteiger partial charge in [-0.15, -0.1) is 0 Å². The van der Waals surface area contributed by atoms with Crippen LogP contribution in [0, 0.1) is 0 Å². The van der Waals surface area contributed by atoms with E-state index in [0.29, 0.717) is 44.4 Å². The van der Waals surface area contributed by atoms with Gasteiger partial charge in [-0.05, 0) is 30.5 Å². The van der Waals surface area contributed by atoms with E-state index in [2.05, 4.69) is 20.3 Å². The number of nitrogens with zero attached hydrogens (tertiary/aromatic N) is 3. The van der Waals surface area contributed by atoms with Crippen LogP contribution in [-0.4, -0.2) is 65.2 Å². The average molecular weight is 453 g/mol. The van der Waals surface area contributed by atoms with E-state index in [1.165, 1.54) is 0 Å². The number of hydrogen-bond acceptors (Lipinski definition) is 9. The highest BCUT2D eigenvalue weighted by atomic mass is 16.6. The molecule has 174 valence electrons. The summed E-state index contributed by atoms with van der Waals surface area (Å²) in [5.74, 6) is 1.96. The van der Waals surface area contributed by atoms with E-state index in [0.717, 1.165) is 40.9 Å². The van der Waals surface area contributed by atoms with Crippen molar-refractivity contribution >= 4 is 11.0 Å². The average Bonchev–Trinajstić information content (AvgIpc) is 2.87. The Morgan fingerprint density at radius 1 is 1.15 bits per heavy atom. The summed E-state index contributed by atoms with van der Waals surface area (Å²) in [6, 6.07) is 7.68. The number of aliphatic hydroxyl groups is 1. The fraction of sp³-hybridized carbons (Fsp3) is 0.458. The van der Waals surface area contributed by atoms with Gasteiger partial charge in [0.25, 0.3) is 0 Å². The Hall–Kier alpha value is -3.01. The van der Waals surface area contributed by atoms with Crippen molar-refractivity contribution < 1.29 is 24.1 Å². The van der Waals surface area contributed by atoms with Crippen molar-refractivity contribution in [2.24, 2.45) is 0 Å². The Morgan fingerprint density at radius 2 is 2.03 bits per heavy atom. The van der Waals surface area contributed by atoms with E-state index in [9.17, 15) is 5.11 Å². The number of aromatic nitrogens is 3. The predicted octanol–water partition coefficient (Wildman–Crippen LogP) is 2.05. The molecule has 5 rings (SSSR count). The fourth-order valence-corrected chi connectivity index (χ4v) is 4.27. The molecule has 1 unspecified atom stereocenters. The molecule has 0 radical (unpaired) electrons. The molecule has 1 saturated heterocycles. The second kappa shape index (κ2) is 9.86. The lowest BCUT2D eigenvalue weighted by molar-refractivity contribution is -0.0717. The van der Waals surface area contributed by atoms with Gasteiger partial charge in [0, 0.05) is 37.3 Å². The van der Waals surface area contributed by atoms with Gasteiger partial charge in [0.05, 0.1) is 48.8 Å². The van der Waals surface area contributed by atoms with E-state index in [4.69, 9.17) is 18.9 Å². The Balaban J connectivity index is 1.14. The number of pyridine rings is 3. The maximum Gasteiger partial charge on any atom is 0.213 e. The molecule has 0 amide bonds. The van der Waals surface area contributed by atoms with Crippen LogP contribution < -0.4 is 19.5 Å². The van der Waals surface area contributed by atoms with Gasteiger partial charge in [0.2, 0.25) is 5.88 Å². The molecule has 2 N–H and O–H groups in total. The smallest absolute Gasteiger partial charge is 0.213 e. The quantitative estimate of drug-likeness (QED) is 0.557. The first-order chi connectivity index (χ1) is 16.2. The van der Waals surface area contributed by atoms with Crippen molar-refractivity contribution in [2.75, 3.05) is 26.9 Å². The largest absolute Gasteiger partial charge is 0.486 e. The summed E-state index contributed by atoms with van der Waals surface area (Å²) in [4.78, 5) is 13.3. The van der Waals surface area contributed by atoms with Gasteiger partial charge >= 0.3 is 0 Å². The van der Waals surface area contributed by atoms with Crippen LogP contribution in [0.15, 0.2) is 36.7 Å². The van der Waals surface area contributed by atoms with Gasteiger partial charge in [-0.1, -0.05) is 0 Å². The van der Waals surface area contributed by atoms with Crippen LogP contribution in [0.2, 0.25) is 0 Å². The van der Waals surface area contributed by atoms with E-state index in [-0.39, 0.29) is 12.1 Å². The molecule has 2 aliphatic rings. The number of aliphatic hydroxyl groups excluding tert-OH is 1. The third-order valence-corrected chi connectivity index (χ3v) is 6.08. The molecule has 33 heavy (non-hydrogen) atoms. The second-order valence-corrected chi connectivity index (χ2v) is 8.31. The van der Waals surface area contributed by atoms with Crippen LogP contribution >= 0.6 is 0 Å². The van der Waals surface area contributed by atoms with Crippen LogP contribution in [0.25, 0.3) is 11.0 Å². The first-order valence-corrected chi connectivity index (χ1v) is 11.3. The van der Waals surface area contributed by atoms with Gasteiger partial charge in [-0.25, -0.2) is 4.98 Å². The van der Waals surface area contributed by atoms with Gasteiger partial charge < -0.3 is 29.4 Å². The minimum atomic E-state index is -0.621. The highest BCUT2D eigenvalue weighted by Gasteiger charge is 2.28. The Kier molecular flexibility index (Phi) is 6.52. The minimum Gasteiger partial charge on any atom is -0.486 e. The highest BCUT2D eigenvalue weighted by Crippen LogP contribution is 2.29. The summed E-state index contributed by atoms with van der Waals surface area (Å²) in [5.41, 5.74) is 3.36. The van der Waals surface area contributed by atoms with E-state index < -0.39 is 6.10 Å². The summed E-state index contributed by atoms with van der Waals surface area (Å²) in [6.45, 7) is 2.27. The maximum absolute atomic E-state index is 10.9. The van der Waals surface area contributed by atoms with Crippen molar-refractivity contribution in [3.63, 3.8) is 0 Å². The molecule has 9 nitrogen and oxygen atoms in total. The molecule has 0 spiro atoms. The summed E-state index contributed by atoms with van der Waals surface area (Å²) < 4.78 is 22.4. The summed E-state index contributed by atoms with van der Waals surface area (Å²) in [5, 5.41) is 14.4. The maximum atomic E-state index is 10.9. The lowest BCUT2D eigenvalue weighted by Crippen LogP contribution is -2.43. The number of ether oxygens (including phenoxy) is 4. The van der Waals surface area contributed by atoms with Crippen molar-refractivity contribution in [2.45, 2.75) is 44.1 Å². The van der Waals surface area contributed by atoms with Gasteiger partial charge in [0.1, 0.15) is 13.2 Å². The monoisotopic (exact) mass is 452 g/mol. The zero-order valence-electron chi connectivity index (χ0n) is 18.6. The normalized spacial score (nSPS) is 21.0. The molecule has 3 atom stereocenters. The number of fused-ring (bicyclic) bond motifs is 2. The topological polar surface area (TPSA) is 108 Å². The number of methoxy groups -OCH3 is 1. The first-order valence-electron chi connectivity index (χ1n) is 11.3. The van der Waals surface area contributed by atoms with Crippen molar-refractivity contribution in [1.29, 1.82) is 0 Å². The Bertz CT molecular complexity index is 1100. The molecule has 0 aliphatic carbocycles. The molecule has 9 heteroatoms. The Labute approximate surface area is 192 Å². The molecule has 1 fully saturated rings. The standard InChI is InChI=1S/C24H28N4O5/c1-30-23-5-3-18-24(28-23)15(6-7-25-18)10-19(29)20-4-2-16(14-33-20)26-12-17-11-21-22(13-27-17)32-9-8-31-21/h3,5-7,11,13,16,19-20,26,29H,2,4,8-10,12,14H2,1H3/t16-,19?,20+/m1/s1. The summed E-state index contributed by atoms with van der Waals surface area (Å²) in [6.07, 6.45) is 4.74. The molecule has 0 bridgehead atoms. The van der Waals surface area contributed by atoms with Crippen LogP contribution in [0.4, 0.5) is 0 Å². The van der Waals surface area contributed by atoms with Gasteiger partial charge in [-0.2, -0.15) is 0 Å². The first kappa shape index (κ1) is 21.8. The zero-order chi connectivity index (χ0) is 22.6. The SMILES string of the molecule is COc1ccc2nccc(CC(O)[C@@H]3CC[C@@H](NCc4cc5c(cn4)OCCO5)CO3)c2n1. The molecule has 5 heterocycles. The van der Waals surface area contributed by atoms with Crippen molar-refractivity contribution in [3.05, 3.63) is 47.9 Å². The zero-order valence-corrected chi connectivity index (χ0v) is 18.6. The fourth-order valence-electron chi connectivity index (χ4n) is 4.27. The van der Waals surface area contributed by atoms with Crippen molar-refractivity contribution in [1.82, 2.24) is 20.3 Å². The molecule has 0 saturated carbocycles. The lowest BCUT2D eigenvalue weighted by atomic mass is 9.96. The minimum absolute atomic E-state index is 0.205. The third-order valence-electron chi connectivity index (χ3n) is 6.08. The molecule has 2 aliphatic heterocycles. The molecule has 3 aromatic rings. The highest BCUT2D eigenvalue weighted by molar-refractivity contribution is 5.78. The second-order valence-electron chi connectivity index (χ2n) is 8.31. The summed E-state index contributed by atoms with van der Waals surface area (Å²) >= 11 is 0. The molecular weight excluding hydrogens is 424 g/mol. The Morgan fingerprint density at radius 3 is 2.85 bits per heavy atom. The van der Waals surface area contributed by atoms with E-state index in [1.807, 2.05) is 18.2 Å². The van der Waals surface area contributed by atoms with Crippen LogP contribution in [0.5, 0.6) is 17.4 Å².